The summed E-state index contributed by atoms with van der Waals surface area (Å²) < 4.78 is 51.3. The summed E-state index contributed by atoms with van der Waals surface area (Å²) in [6.45, 7) is 2.81. The number of fused-ring (bicyclic) bond motifs is 2. The summed E-state index contributed by atoms with van der Waals surface area (Å²) in [6.07, 6.45) is 0.125. The normalized spacial score (nSPS) is 14.2. The van der Waals surface area contributed by atoms with E-state index in [1.54, 1.807) is 11.3 Å². The van der Waals surface area contributed by atoms with Crippen LogP contribution in [0.15, 0.2) is 23.1 Å². The quantitative estimate of drug-likeness (QED) is 0.424. The van der Waals surface area contributed by atoms with Gasteiger partial charge in [0, 0.05) is 18.0 Å². The highest BCUT2D eigenvalue weighted by molar-refractivity contribution is 7.18. The van der Waals surface area contributed by atoms with Crippen molar-refractivity contribution in [2.45, 2.75) is 45.6 Å². The Bertz CT molecular complexity index is 1240. The predicted molar refractivity (Wildman–Crippen MR) is 108 cm³/mol. The smallest absolute Gasteiger partial charge is 0.451 e. The number of anilines is 1. The van der Waals surface area contributed by atoms with Gasteiger partial charge < -0.3 is 18.6 Å². The largest absolute Gasteiger partial charge is 0.457 e. The molecule has 0 unspecified atom stereocenters. The predicted octanol–water partition coefficient (Wildman–Crippen LogP) is 3.84. The topological polar surface area (TPSA) is 95.0 Å². The molecular formula is C19H18F3N7O2S. The molecule has 13 heteroatoms. The minimum Gasteiger partial charge on any atom is -0.457 e. The van der Waals surface area contributed by atoms with Crippen LogP contribution in [0.4, 0.5) is 19.0 Å². The van der Waals surface area contributed by atoms with Crippen molar-refractivity contribution in [3.63, 3.8) is 0 Å². The number of thiophene rings is 1. The van der Waals surface area contributed by atoms with Crippen molar-refractivity contribution in [2.75, 3.05) is 11.4 Å². The Balaban J connectivity index is 1.49. The first-order valence-corrected chi connectivity index (χ1v) is 10.8. The van der Waals surface area contributed by atoms with Crippen LogP contribution in [0.1, 0.15) is 35.6 Å². The molecule has 1 aliphatic heterocycles. The van der Waals surface area contributed by atoms with Crippen LogP contribution in [-0.2, 0) is 32.3 Å². The van der Waals surface area contributed by atoms with Crippen molar-refractivity contribution < 1.29 is 22.3 Å². The van der Waals surface area contributed by atoms with E-state index in [4.69, 9.17) is 9.15 Å². The highest BCUT2D eigenvalue weighted by atomic mass is 32.1. The maximum Gasteiger partial charge on any atom is 0.451 e. The molecule has 0 N–H and O–H groups in total. The van der Waals surface area contributed by atoms with Gasteiger partial charge in [0.05, 0.1) is 11.9 Å². The molecule has 0 saturated heterocycles. The fourth-order valence-electron chi connectivity index (χ4n) is 3.61. The number of oxazole rings is 1. The Morgan fingerprint density at radius 1 is 1.22 bits per heavy atom. The van der Waals surface area contributed by atoms with Gasteiger partial charge in [-0.3, -0.25) is 0 Å². The summed E-state index contributed by atoms with van der Waals surface area (Å²) >= 11 is 1.56. The first-order valence-electron chi connectivity index (χ1n) is 9.97. The third-order valence-electron chi connectivity index (χ3n) is 5.04. The lowest BCUT2D eigenvalue weighted by Crippen LogP contribution is -2.36. The van der Waals surface area contributed by atoms with E-state index >= 15 is 0 Å². The zero-order chi connectivity index (χ0) is 22.3. The maximum absolute atomic E-state index is 13.2. The summed E-state index contributed by atoms with van der Waals surface area (Å²) in [5.41, 5.74) is 0.596. The van der Waals surface area contributed by atoms with Crippen molar-refractivity contribution in [1.82, 2.24) is 29.7 Å². The molecule has 9 nitrogen and oxygen atoms in total. The molecule has 0 spiro atoms. The second kappa shape index (κ2) is 8.04. The van der Waals surface area contributed by atoms with E-state index in [-0.39, 0.29) is 31.5 Å². The number of hydrogen-bond acceptors (Lipinski definition) is 9. The van der Waals surface area contributed by atoms with Crippen LogP contribution in [0, 0.1) is 0 Å². The van der Waals surface area contributed by atoms with Crippen molar-refractivity contribution >= 4 is 27.4 Å². The van der Waals surface area contributed by atoms with Gasteiger partial charge >= 0.3 is 12.2 Å². The van der Waals surface area contributed by atoms with Gasteiger partial charge in [0.15, 0.2) is 12.2 Å². The lowest BCUT2D eigenvalue weighted by Gasteiger charge is -2.29. The molecule has 0 aromatic carbocycles. The van der Waals surface area contributed by atoms with Crippen molar-refractivity contribution in [1.29, 1.82) is 0 Å². The highest BCUT2D eigenvalue weighted by Crippen LogP contribution is 2.36. The number of ether oxygens (including phenoxy) is 1. The second-order valence-electron chi connectivity index (χ2n) is 7.29. The Hall–Kier alpha value is -3.22. The van der Waals surface area contributed by atoms with Gasteiger partial charge in [0.1, 0.15) is 29.2 Å². The Kier molecular flexibility index (Phi) is 5.19. The molecule has 1 aliphatic rings. The van der Waals surface area contributed by atoms with E-state index < -0.39 is 12.0 Å². The number of aryl methyl sites for hydroxylation is 1. The summed E-state index contributed by atoms with van der Waals surface area (Å²) in [4.78, 5) is 16.9. The molecule has 32 heavy (non-hydrogen) atoms. The molecule has 0 radical (unpaired) electrons. The maximum atomic E-state index is 13.2. The van der Waals surface area contributed by atoms with Crippen LogP contribution in [0.3, 0.4) is 0 Å². The lowest BCUT2D eigenvalue weighted by molar-refractivity contribution is -0.147. The zero-order valence-corrected chi connectivity index (χ0v) is 17.8. The van der Waals surface area contributed by atoms with E-state index in [0.29, 0.717) is 18.1 Å². The number of halogens is 3. The molecule has 5 heterocycles. The fraction of sp³-hybridized carbons (Fsp3) is 0.421. The molecule has 0 saturated carbocycles. The van der Waals surface area contributed by atoms with Gasteiger partial charge in [-0.1, -0.05) is 13.3 Å². The van der Waals surface area contributed by atoms with Crippen molar-refractivity contribution in [3.05, 3.63) is 40.9 Å². The van der Waals surface area contributed by atoms with Gasteiger partial charge in [-0.25, -0.2) is 4.98 Å². The molecule has 4 aromatic rings. The first-order chi connectivity index (χ1) is 15.4. The van der Waals surface area contributed by atoms with Crippen LogP contribution >= 0.6 is 11.3 Å². The van der Waals surface area contributed by atoms with E-state index in [2.05, 4.69) is 32.1 Å². The molecular weight excluding hydrogens is 447 g/mol. The van der Waals surface area contributed by atoms with Gasteiger partial charge in [-0.2, -0.15) is 23.1 Å². The van der Waals surface area contributed by atoms with Crippen LogP contribution in [-0.4, -0.2) is 36.3 Å². The summed E-state index contributed by atoms with van der Waals surface area (Å²) in [5.74, 6) is -0.131. The first kappa shape index (κ1) is 20.7. The van der Waals surface area contributed by atoms with Crippen molar-refractivity contribution in [3.8, 4) is 6.01 Å². The highest BCUT2D eigenvalue weighted by Gasteiger charge is 2.39. The molecule has 0 fully saturated rings. The van der Waals surface area contributed by atoms with Crippen LogP contribution in [0.25, 0.3) is 10.2 Å². The van der Waals surface area contributed by atoms with Gasteiger partial charge in [-0.15, -0.1) is 21.5 Å². The van der Waals surface area contributed by atoms with Gasteiger partial charge in [0.25, 0.3) is 0 Å². The summed E-state index contributed by atoms with van der Waals surface area (Å²) in [6, 6.07) is 2.21. The molecule has 4 aromatic heterocycles. The lowest BCUT2D eigenvalue weighted by atomic mass is 10.2. The summed E-state index contributed by atoms with van der Waals surface area (Å²) in [5, 5.41) is 7.96. The van der Waals surface area contributed by atoms with Gasteiger partial charge in [0.2, 0.25) is 5.82 Å². The molecule has 0 bridgehead atoms. The Labute approximate surface area is 183 Å². The SMILES string of the molecule is CCCc1cc2c(N3CCn4c(nnc4C(F)(F)F)C3)nc(OCc3cocn3)nc2s1. The van der Waals surface area contributed by atoms with Gasteiger partial charge in [-0.05, 0) is 12.5 Å². The van der Waals surface area contributed by atoms with E-state index in [9.17, 15) is 13.2 Å². The zero-order valence-electron chi connectivity index (χ0n) is 17.0. The molecule has 0 aliphatic carbocycles. The second-order valence-corrected chi connectivity index (χ2v) is 8.41. The number of alkyl halides is 3. The molecule has 5 rings (SSSR count). The minimum atomic E-state index is -4.54. The van der Waals surface area contributed by atoms with Crippen LogP contribution in [0.2, 0.25) is 0 Å². The number of hydrogen-bond donors (Lipinski definition) is 0. The number of aromatic nitrogens is 6. The van der Waals surface area contributed by atoms with E-state index in [1.807, 2.05) is 11.0 Å². The van der Waals surface area contributed by atoms with Crippen LogP contribution < -0.4 is 9.64 Å². The third-order valence-corrected chi connectivity index (χ3v) is 6.13. The standard InChI is InChI=1S/C19H18F3N7O2S/c1-2-3-12-6-13-15(24-18(25-16(13)32-12)31-9-11-8-30-10-23-11)28-4-5-29-14(7-28)26-27-17(29)19(20,21)22/h6,8,10H,2-5,7,9H2,1H3. The Morgan fingerprint density at radius 2 is 2.09 bits per heavy atom. The summed E-state index contributed by atoms with van der Waals surface area (Å²) in [7, 11) is 0. The average Bonchev–Trinajstić information content (AvgIpc) is 3.49. The van der Waals surface area contributed by atoms with E-state index in [1.165, 1.54) is 12.7 Å². The monoisotopic (exact) mass is 465 g/mol. The van der Waals surface area contributed by atoms with Crippen LogP contribution in [0.5, 0.6) is 6.01 Å². The van der Waals surface area contributed by atoms with Crippen molar-refractivity contribution in [2.24, 2.45) is 0 Å². The molecule has 0 amide bonds. The number of nitrogens with zero attached hydrogens (tertiary/aromatic N) is 7. The third kappa shape index (κ3) is 3.87. The fourth-order valence-corrected chi connectivity index (χ4v) is 4.72. The Morgan fingerprint density at radius 3 is 2.84 bits per heavy atom. The molecule has 0 atom stereocenters. The minimum absolute atomic E-state index is 0.101. The average molecular weight is 465 g/mol. The van der Waals surface area contributed by atoms with E-state index in [0.717, 1.165) is 32.5 Å². The number of rotatable bonds is 6. The molecule has 168 valence electrons.